The molecule has 16 heavy (non-hydrogen) atoms. The second-order valence-corrected chi connectivity index (χ2v) is 3.19. The number of nitrogens with zero attached hydrogens (tertiary/aromatic N) is 1. The van der Waals surface area contributed by atoms with Crippen LogP contribution in [0.5, 0.6) is 0 Å². The Labute approximate surface area is 95.3 Å². The first-order valence-electron chi connectivity index (χ1n) is 5.21. The molecule has 0 bridgehead atoms. The van der Waals surface area contributed by atoms with E-state index in [1.807, 2.05) is 6.92 Å². The zero-order valence-corrected chi connectivity index (χ0v) is 9.29. The topological polar surface area (TPSA) is 68.0 Å². The number of pyridine rings is 1. The molecule has 4 nitrogen and oxygen atoms in total. The van der Waals surface area contributed by atoms with Gasteiger partial charge in [0.2, 0.25) is 0 Å². The maximum Gasteiger partial charge on any atom is 0.269 e. The highest BCUT2D eigenvalue weighted by Gasteiger charge is 2.04. The van der Waals surface area contributed by atoms with E-state index in [0.717, 1.165) is 12.0 Å². The summed E-state index contributed by atoms with van der Waals surface area (Å²) in [6, 6.07) is 3.42. The number of nitrogens with two attached hydrogens (primary N) is 1. The smallest absolute Gasteiger partial charge is 0.269 e. The van der Waals surface area contributed by atoms with Crippen molar-refractivity contribution in [3.8, 4) is 11.8 Å². The molecule has 0 unspecified atom stereocenters. The van der Waals surface area contributed by atoms with Crippen LogP contribution in [-0.4, -0.2) is 24.0 Å². The first-order chi connectivity index (χ1) is 7.77. The van der Waals surface area contributed by atoms with E-state index < -0.39 is 0 Å². The summed E-state index contributed by atoms with van der Waals surface area (Å²) in [6.07, 6.45) is 2.48. The van der Waals surface area contributed by atoms with E-state index >= 15 is 0 Å². The van der Waals surface area contributed by atoms with Crippen LogP contribution in [0.3, 0.4) is 0 Å². The van der Waals surface area contributed by atoms with Gasteiger partial charge in [-0.25, -0.2) is 4.98 Å². The first-order valence-corrected chi connectivity index (χ1v) is 5.21. The van der Waals surface area contributed by atoms with Gasteiger partial charge < -0.3 is 11.1 Å². The fraction of sp³-hybridized carbons (Fsp3) is 0.333. The van der Waals surface area contributed by atoms with Crippen molar-refractivity contribution in [2.75, 3.05) is 13.1 Å². The zero-order valence-electron chi connectivity index (χ0n) is 9.29. The van der Waals surface area contributed by atoms with Gasteiger partial charge in [0.1, 0.15) is 5.69 Å². The van der Waals surface area contributed by atoms with Crippen molar-refractivity contribution >= 4 is 5.91 Å². The number of aromatic nitrogens is 1. The van der Waals surface area contributed by atoms with Gasteiger partial charge in [0.05, 0.1) is 6.54 Å². The van der Waals surface area contributed by atoms with Crippen LogP contribution in [0.15, 0.2) is 18.3 Å². The molecule has 1 heterocycles. The van der Waals surface area contributed by atoms with Crippen molar-refractivity contribution < 1.29 is 4.79 Å². The fourth-order valence-corrected chi connectivity index (χ4v) is 1.08. The van der Waals surface area contributed by atoms with Crippen LogP contribution in [0, 0.1) is 11.8 Å². The molecule has 0 fully saturated rings. The van der Waals surface area contributed by atoms with Crippen molar-refractivity contribution in [1.29, 1.82) is 0 Å². The van der Waals surface area contributed by atoms with Crippen LogP contribution in [0.1, 0.15) is 29.4 Å². The van der Waals surface area contributed by atoms with Crippen LogP contribution in [0.4, 0.5) is 0 Å². The number of hydrogen-bond donors (Lipinski definition) is 2. The SMILES string of the molecule is CCCNC(=O)c1ccc(C#CCN)cn1. The highest BCUT2D eigenvalue weighted by atomic mass is 16.1. The lowest BCUT2D eigenvalue weighted by molar-refractivity contribution is 0.0948. The molecule has 4 heteroatoms. The van der Waals surface area contributed by atoms with Gasteiger partial charge >= 0.3 is 0 Å². The van der Waals surface area contributed by atoms with Crippen molar-refractivity contribution in [3.05, 3.63) is 29.6 Å². The number of hydrogen-bond acceptors (Lipinski definition) is 3. The molecule has 84 valence electrons. The summed E-state index contributed by atoms with van der Waals surface area (Å²) in [7, 11) is 0. The van der Waals surface area contributed by atoms with Gasteiger partial charge in [-0.15, -0.1) is 0 Å². The minimum absolute atomic E-state index is 0.153. The van der Waals surface area contributed by atoms with E-state index in [-0.39, 0.29) is 5.91 Å². The molecular formula is C12H15N3O. The Kier molecular flexibility index (Phi) is 5.03. The van der Waals surface area contributed by atoms with E-state index in [9.17, 15) is 4.79 Å². The number of nitrogens with one attached hydrogen (secondary N) is 1. The Morgan fingerprint density at radius 2 is 2.38 bits per heavy atom. The second kappa shape index (κ2) is 6.59. The standard InChI is InChI=1S/C12H15N3O/c1-2-8-14-12(16)11-6-5-10(9-15-11)4-3-7-13/h5-6,9H,2,7-8,13H2,1H3,(H,14,16). The molecule has 0 radical (unpaired) electrons. The van der Waals surface area contributed by atoms with E-state index in [4.69, 9.17) is 5.73 Å². The van der Waals surface area contributed by atoms with E-state index in [1.165, 1.54) is 0 Å². The molecule has 0 aliphatic carbocycles. The van der Waals surface area contributed by atoms with Crippen LogP contribution >= 0.6 is 0 Å². The van der Waals surface area contributed by atoms with E-state index in [2.05, 4.69) is 22.1 Å². The van der Waals surface area contributed by atoms with Crippen molar-refractivity contribution in [3.63, 3.8) is 0 Å². The molecule has 1 rings (SSSR count). The van der Waals surface area contributed by atoms with Gasteiger partial charge in [-0.05, 0) is 18.6 Å². The van der Waals surface area contributed by atoms with Gasteiger partial charge in [-0.1, -0.05) is 18.8 Å². The average Bonchev–Trinajstić information content (AvgIpc) is 2.34. The first kappa shape index (κ1) is 12.2. The molecule has 0 aromatic carbocycles. The van der Waals surface area contributed by atoms with Crippen molar-refractivity contribution in [1.82, 2.24) is 10.3 Å². The predicted molar refractivity (Wildman–Crippen MR) is 62.8 cm³/mol. The lowest BCUT2D eigenvalue weighted by Gasteiger charge is -2.01. The minimum Gasteiger partial charge on any atom is -0.351 e. The van der Waals surface area contributed by atoms with Gasteiger partial charge in [0.15, 0.2) is 0 Å². The Bertz CT molecular complexity index is 401. The van der Waals surface area contributed by atoms with Crippen LogP contribution in [0.25, 0.3) is 0 Å². The largest absolute Gasteiger partial charge is 0.351 e. The Balaban J connectivity index is 2.67. The number of amides is 1. The zero-order chi connectivity index (χ0) is 11.8. The molecule has 0 saturated carbocycles. The normalized spacial score (nSPS) is 9.12. The number of rotatable bonds is 3. The average molecular weight is 217 g/mol. The monoisotopic (exact) mass is 217 g/mol. The summed E-state index contributed by atoms with van der Waals surface area (Å²) in [6.45, 7) is 2.98. The van der Waals surface area contributed by atoms with Gasteiger partial charge in [0, 0.05) is 18.3 Å². The quantitative estimate of drug-likeness (QED) is 0.726. The van der Waals surface area contributed by atoms with Crippen LogP contribution in [-0.2, 0) is 0 Å². The summed E-state index contributed by atoms with van der Waals surface area (Å²) < 4.78 is 0. The molecule has 1 amide bonds. The molecule has 0 aliphatic heterocycles. The summed E-state index contributed by atoms with van der Waals surface area (Å²) in [5.74, 6) is 5.42. The highest BCUT2D eigenvalue weighted by molar-refractivity contribution is 5.92. The van der Waals surface area contributed by atoms with Crippen LogP contribution in [0.2, 0.25) is 0 Å². The van der Waals surface area contributed by atoms with Gasteiger partial charge in [0.25, 0.3) is 5.91 Å². The predicted octanol–water partition coefficient (Wildman–Crippen LogP) is 0.532. The maximum atomic E-state index is 11.5. The minimum atomic E-state index is -0.153. The Hall–Kier alpha value is -1.86. The third-order valence-corrected chi connectivity index (χ3v) is 1.87. The Morgan fingerprint density at radius 3 is 2.94 bits per heavy atom. The summed E-state index contributed by atoms with van der Waals surface area (Å²) in [5.41, 5.74) is 6.42. The van der Waals surface area contributed by atoms with Crippen molar-refractivity contribution in [2.24, 2.45) is 5.73 Å². The Morgan fingerprint density at radius 1 is 1.56 bits per heavy atom. The van der Waals surface area contributed by atoms with E-state index in [0.29, 0.717) is 18.8 Å². The van der Waals surface area contributed by atoms with E-state index in [1.54, 1.807) is 18.3 Å². The molecule has 0 aliphatic rings. The van der Waals surface area contributed by atoms with Crippen molar-refractivity contribution in [2.45, 2.75) is 13.3 Å². The molecule has 1 aromatic rings. The summed E-state index contributed by atoms with van der Waals surface area (Å²) in [5, 5.41) is 2.75. The number of carbonyl (C=O) groups is 1. The second-order valence-electron chi connectivity index (χ2n) is 3.19. The molecule has 0 saturated heterocycles. The van der Waals surface area contributed by atoms with Gasteiger partial charge in [-0.3, -0.25) is 4.79 Å². The molecule has 0 spiro atoms. The third-order valence-electron chi connectivity index (χ3n) is 1.87. The van der Waals surface area contributed by atoms with Crippen LogP contribution < -0.4 is 11.1 Å². The lowest BCUT2D eigenvalue weighted by Crippen LogP contribution is -2.24. The fourth-order valence-electron chi connectivity index (χ4n) is 1.08. The highest BCUT2D eigenvalue weighted by Crippen LogP contribution is 1.98. The molecule has 0 atom stereocenters. The summed E-state index contributed by atoms with van der Waals surface area (Å²) in [4.78, 5) is 15.5. The molecule has 3 N–H and O–H groups in total. The number of carbonyl (C=O) groups excluding carboxylic acids is 1. The third kappa shape index (κ3) is 3.71. The molecule has 1 aromatic heterocycles. The lowest BCUT2D eigenvalue weighted by atomic mass is 10.2. The molecular weight excluding hydrogens is 202 g/mol. The maximum absolute atomic E-state index is 11.5. The summed E-state index contributed by atoms with van der Waals surface area (Å²) >= 11 is 0. The van der Waals surface area contributed by atoms with Gasteiger partial charge in [-0.2, -0.15) is 0 Å².